The Labute approximate surface area is 120 Å². The molecular weight excluding hydrogens is 284 g/mol. The fourth-order valence-electron chi connectivity index (χ4n) is 1.32. The van der Waals surface area contributed by atoms with E-state index >= 15 is 0 Å². The summed E-state index contributed by atoms with van der Waals surface area (Å²) in [5.41, 5.74) is 0. The topological polar surface area (TPSA) is 95.9 Å². The SMILES string of the molecule is CN(CCc1cccs1)C(=O)NC(=O)COCC(=O)O. The van der Waals surface area contributed by atoms with Gasteiger partial charge in [0.05, 0.1) is 0 Å². The Bertz CT molecular complexity index is 460. The number of urea groups is 1. The predicted molar refractivity (Wildman–Crippen MR) is 72.6 cm³/mol. The lowest BCUT2D eigenvalue weighted by Gasteiger charge is -2.16. The number of carboxylic acid groups (broad SMARTS) is 1. The van der Waals surface area contributed by atoms with Crippen LogP contribution < -0.4 is 5.32 Å². The largest absolute Gasteiger partial charge is 0.480 e. The van der Waals surface area contributed by atoms with Crippen molar-refractivity contribution in [2.45, 2.75) is 6.42 Å². The molecule has 1 heterocycles. The van der Waals surface area contributed by atoms with Crippen LogP contribution in [-0.2, 0) is 20.7 Å². The maximum absolute atomic E-state index is 11.6. The summed E-state index contributed by atoms with van der Waals surface area (Å²) in [4.78, 5) is 35.6. The summed E-state index contributed by atoms with van der Waals surface area (Å²) < 4.78 is 4.58. The lowest BCUT2D eigenvalue weighted by Crippen LogP contribution is -2.43. The molecule has 0 saturated heterocycles. The predicted octanol–water partition coefficient (Wildman–Crippen LogP) is 0.560. The number of thiophene rings is 1. The van der Waals surface area contributed by atoms with E-state index in [9.17, 15) is 14.4 Å². The average molecular weight is 300 g/mol. The normalized spacial score (nSPS) is 10.1. The molecule has 1 aromatic rings. The molecule has 0 fully saturated rings. The van der Waals surface area contributed by atoms with E-state index in [1.807, 2.05) is 17.5 Å². The zero-order chi connectivity index (χ0) is 15.0. The quantitative estimate of drug-likeness (QED) is 0.767. The third-order valence-electron chi connectivity index (χ3n) is 2.33. The number of carboxylic acids is 1. The second-order valence-corrected chi connectivity index (χ2v) is 5.02. The van der Waals surface area contributed by atoms with Crippen molar-refractivity contribution in [3.05, 3.63) is 22.4 Å². The molecule has 0 spiro atoms. The Hall–Kier alpha value is -1.93. The molecule has 0 aromatic carbocycles. The third-order valence-corrected chi connectivity index (χ3v) is 3.26. The van der Waals surface area contributed by atoms with Crippen LogP contribution in [0.3, 0.4) is 0 Å². The molecule has 1 aromatic heterocycles. The number of likely N-dealkylation sites (N-methyl/N-ethyl adjacent to an activating group) is 1. The summed E-state index contributed by atoms with van der Waals surface area (Å²) in [6.45, 7) is -0.553. The van der Waals surface area contributed by atoms with Crippen LogP contribution in [-0.4, -0.2) is 54.7 Å². The van der Waals surface area contributed by atoms with Crippen molar-refractivity contribution in [2.24, 2.45) is 0 Å². The molecular formula is C12H16N2O5S. The van der Waals surface area contributed by atoms with Gasteiger partial charge in [-0.3, -0.25) is 10.1 Å². The number of rotatable bonds is 7. The summed E-state index contributed by atoms with van der Waals surface area (Å²) in [5.74, 6) is -1.84. The van der Waals surface area contributed by atoms with Crippen molar-refractivity contribution in [3.63, 3.8) is 0 Å². The van der Waals surface area contributed by atoms with E-state index in [-0.39, 0.29) is 0 Å². The second kappa shape index (κ2) is 8.28. The number of imide groups is 1. The number of hydrogen-bond acceptors (Lipinski definition) is 5. The first kappa shape index (κ1) is 16.1. The molecule has 0 aliphatic heterocycles. The minimum Gasteiger partial charge on any atom is -0.480 e. The Balaban J connectivity index is 2.23. The highest BCUT2D eigenvalue weighted by Gasteiger charge is 2.13. The molecule has 0 saturated carbocycles. The number of nitrogens with one attached hydrogen (secondary N) is 1. The van der Waals surface area contributed by atoms with Gasteiger partial charge in [-0.15, -0.1) is 11.3 Å². The molecule has 0 bridgehead atoms. The number of nitrogens with zero attached hydrogens (tertiary/aromatic N) is 1. The summed E-state index contributed by atoms with van der Waals surface area (Å²) in [5, 5.41) is 12.4. The van der Waals surface area contributed by atoms with E-state index in [0.717, 1.165) is 4.88 Å². The van der Waals surface area contributed by atoms with E-state index in [2.05, 4.69) is 10.1 Å². The molecule has 0 radical (unpaired) electrons. The fraction of sp³-hybridized carbons (Fsp3) is 0.417. The average Bonchev–Trinajstić information content (AvgIpc) is 2.88. The van der Waals surface area contributed by atoms with Gasteiger partial charge in [0, 0.05) is 18.5 Å². The zero-order valence-corrected chi connectivity index (χ0v) is 11.8. The minimum absolute atomic E-state index is 0.462. The standard InChI is InChI=1S/C12H16N2O5S/c1-14(5-4-9-3-2-6-20-9)12(18)13-10(15)7-19-8-11(16)17/h2-3,6H,4-5,7-8H2,1H3,(H,16,17)(H,13,15,18). The molecule has 20 heavy (non-hydrogen) atoms. The highest BCUT2D eigenvalue weighted by Crippen LogP contribution is 2.09. The van der Waals surface area contributed by atoms with Crippen molar-refractivity contribution in [2.75, 3.05) is 26.8 Å². The van der Waals surface area contributed by atoms with Crippen LogP contribution in [0.15, 0.2) is 17.5 Å². The number of amides is 3. The molecule has 7 nitrogen and oxygen atoms in total. The Morgan fingerprint density at radius 2 is 2.15 bits per heavy atom. The van der Waals surface area contributed by atoms with Crippen LogP contribution >= 0.6 is 11.3 Å². The maximum Gasteiger partial charge on any atom is 0.329 e. The number of hydrogen-bond donors (Lipinski definition) is 2. The van der Waals surface area contributed by atoms with E-state index in [4.69, 9.17) is 5.11 Å². The van der Waals surface area contributed by atoms with Gasteiger partial charge in [0.2, 0.25) is 0 Å². The molecule has 3 amide bonds. The molecule has 0 aliphatic carbocycles. The molecule has 8 heteroatoms. The van der Waals surface area contributed by atoms with Gasteiger partial charge in [0.1, 0.15) is 13.2 Å². The third kappa shape index (κ3) is 6.30. The van der Waals surface area contributed by atoms with E-state index in [0.29, 0.717) is 13.0 Å². The number of ether oxygens (including phenoxy) is 1. The summed E-state index contributed by atoms with van der Waals surface area (Å²) in [7, 11) is 1.58. The van der Waals surface area contributed by atoms with Crippen molar-refractivity contribution in [1.29, 1.82) is 0 Å². The van der Waals surface area contributed by atoms with Crippen LogP contribution in [0, 0.1) is 0 Å². The lowest BCUT2D eigenvalue weighted by molar-refractivity contribution is -0.143. The molecule has 0 unspecified atom stereocenters. The summed E-state index contributed by atoms with van der Waals surface area (Å²) in [6, 6.07) is 3.37. The molecule has 0 atom stereocenters. The monoisotopic (exact) mass is 300 g/mol. The molecule has 2 N–H and O–H groups in total. The van der Waals surface area contributed by atoms with Crippen LogP contribution in [0.2, 0.25) is 0 Å². The van der Waals surface area contributed by atoms with Gasteiger partial charge < -0.3 is 14.7 Å². The van der Waals surface area contributed by atoms with Gasteiger partial charge in [-0.1, -0.05) is 6.07 Å². The number of carbonyl (C=O) groups is 3. The fourth-order valence-corrected chi connectivity index (χ4v) is 2.01. The molecule has 1 rings (SSSR count). The highest BCUT2D eigenvalue weighted by atomic mass is 32.1. The van der Waals surface area contributed by atoms with Gasteiger partial charge in [0.25, 0.3) is 5.91 Å². The van der Waals surface area contributed by atoms with E-state index in [1.165, 1.54) is 4.90 Å². The van der Waals surface area contributed by atoms with E-state index in [1.54, 1.807) is 18.4 Å². The van der Waals surface area contributed by atoms with Crippen molar-refractivity contribution >= 4 is 29.2 Å². The lowest BCUT2D eigenvalue weighted by atomic mass is 10.3. The van der Waals surface area contributed by atoms with Gasteiger partial charge in [-0.25, -0.2) is 9.59 Å². The number of aliphatic carboxylic acids is 1. The second-order valence-electron chi connectivity index (χ2n) is 3.99. The van der Waals surface area contributed by atoms with Gasteiger partial charge in [-0.05, 0) is 17.9 Å². The Morgan fingerprint density at radius 3 is 2.75 bits per heavy atom. The molecule has 0 aliphatic rings. The van der Waals surface area contributed by atoms with Crippen molar-refractivity contribution < 1.29 is 24.2 Å². The van der Waals surface area contributed by atoms with Crippen molar-refractivity contribution in [3.8, 4) is 0 Å². The van der Waals surface area contributed by atoms with Crippen LogP contribution in [0.1, 0.15) is 4.88 Å². The van der Waals surface area contributed by atoms with Gasteiger partial charge >= 0.3 is 12.0 Å². The first-order chi connectivity index (χ1) is 9.49. The minimum atomic E-state index is -1.17. The Morgan fingerprint density at radius 1 is 1.40 bits per heavy atom. The zero-order valence-electron chi connectivity index (χ0n) is 11.0. The first-order valence-electron chi connectivity index (χ1n) is 5.86. The smallest absolute Gasteiger partial charge is 0.329 e. The van der Waals surface area contributed by atoms with Crippen LogP contribution in [0.4, 0.5) is 4.79 Å². The van der Waals surface area contributed by atoms with Gasteiger partial charge in [0.15, 0.2) is 0 Å². The number of carbonyl (C=O) groups excluding carboxylic acids is 2. The molecule has 110 valence electrons. The summed E-state index contributed by atoms with van der Waals surface area (Å²) >= 11 is 1.60. The first-order valence-corrected chi connectivity index (χ1v) is 6.74. The summed E-state index contributed by atoms with van der Waals surface area (Å²) in [6.07, 6.45) is 0.714. The van der Waals surface area contributed by atoms with E-state index < -0.39 is 31.1 Å². The maximum atomic E-state index is 11.6. The van der Waals surface area contributed by atoms with Crippen LogP contribution in [0.5, 0.6) is 0 Å². The highest BCUT2D eigenvalue weighted by molar-refractivity contribution is 7.09. The van der Waals surface area contributed by atoms with Crippen LogP contribution in [0.25, 0.3) is 0 Å². The van der Waals surface area contributed by atoms with Gasteiger partial charge in [-0.2, -0.15) is 0 Å². The Kier molecular flexibility index (Phi) is 6.68. The van der Waals surface area contributed by atoms with Crippen molar-refractivity contribution in [1.82, 2.24) is 10.2 Å².